The molecule has 1 unspecified atom stereocenters. The third kappa shape index (κ3) is 4.74. The largest absolute Gasteiger partial charge is 0.508 e. The SMILES string of the molecule is CN(C)C(CNC(=N)N)Cc1ccc(O)cc1. The predicted molar refractivity (Wildman–Crippen MR) is 69.2 cm³/mol. The second-order valence-electron chi connectivity index (χ2n) is 4.28. The smallest absolute Gasteiger partial charge is 0.185 e. The van der Waals surface area contributed by atoms with E-state index in [-0.39, 0.29) is 17.8 Å². The second kappa shape index (κ2) is 6.10. The van der Waals surface area contributed by atoms with Gasteiger partial charge in [0, 0.05) is 12.6 Å². The van der Waals surface area contributed by atoms with Crippen LogP contribution in [0.2, 0.25) is 0 Å². The van der Waals surface area contributed by atoms with E-state index < -0.39 is 0 Å². The Morgan fingerprint density at radius 1 is 1.41 bits per heavy atom. The van der Waals surface area contributed by atoms with Crippen molar-refractivity contribution in [1.29, 1.82) is 5.41 Å². The lowest BCUT2D eigenvalue weighted by molar-refractivity contribution is 0.290. The molecular weight excluding hydrogens is 216 g/mol. The van der Waals surface area contributed by atoms with Crippen molar-refractivity contribution in [3.8, 4) is 5.75 Å². The van der Waals surface area contributed by atoms with Crippen LogP contribution < -0.4 is 11.1 Å². The number of likely N-dealkylation sites (N-methyl/N-ethyl adjacent to an activating group) is 1. The zero-order chi connectivity index (χ0) is 12.8. The van der Waals surface area contributed by atoms with E-state index in [4.69, 9.17) is 11.1 Å². The average molecular weight is 236 g/mol. The minimum atomic E-state index is -0.0115. The summed E-state index contributed by atoms with van der Waals surface area (Å²) < 4.78 is 0. The van der Waals surface area contributed by atoms with Gasteiger partial charge in [-0.1, -0.05) is 12.1 Å². The summed E-state index contributed by atoms with van der Waals surface area (Å²) in [4.78, 5) is 2.09. The molecule has 1 atom stereocenters. The van der Waals surface area contributed by atoms with Gasteiger partial charge in [-0.05, 0) is 38.2 Å². The van der Waals surface area contributed by atoms with Gasteiger partial charge in [0.1, 0.15) is 5.75 Å². The monoisotopic (exact) mass is 236 g/mol. The lowest BCUT2D eigenvalue weighted by Crippen LogP contribution is -2.43. The maximum atomic E-state index is 9.21. The third-order valence-corrected chi connectivity index (χ3v) is 2.67. The van der Waals surface area contributed by atoms with Crippen molar-refractivity contribution in [2.45, 2.75) is 12.5 Å². The van der Waals surface area contributed by atoms with E-state index in [1.807, 2.05) is 26.2 Å². The van der Waals surface area contributed by atoms with Gasteiger partial charge in [0.15, 0.2) is 5.96 Å². The zero-order valence-electron chi connectivity index (χ0n) is 10.3. The van der Waals surface area contributed by atoms with Crippen LogP contribution in [-0.2, 0) is 6.42 Å². The summed E-state index contributed by atoms with van der Waals surface area (Å²) in [6, 6.07) is 7.42. The van der Waals surface area contributed by atoms with Crippen LogP contribution in [0.25, 0.3) is 0 Å². The van der Waals surface area contributed by atoms with Gasteiger partial charge in [0.05, 0.1) is 0 Å². The highest BCUT2D eigenvalue weighted by Gasteiger charge is 2.12. The van der Waals surface area contributed by atoms with Gasteiger partial charge in [0.25, 0.3) is 0 Å². The molecule has 0 amide bonds. The Bertz CT molecular complexity index is 361. The number of nitrogens with one attached hydrogen (secondary N) is 2. The Hall–Kier alpha value is -1.75. The van der Waals surface area contributed by atoms with E-state index in [1.165, 1.54) is 0 Å². The molecule has 94 valence electrons. The zero-order valence-corrected chi connectivity index (χ0v) is 10.3. The topological polar surface area (TPSA) is 85.4 Å². The van der Waals surface area contributed by atoms with E-state index in [1.54, 1.807) is 12.1 Å². The van der Waals surface area contributed by atoms with E-state index in [0.717, 1.165) is 12.0 Å². The highest BCUT2D eigenvalue weighted by molar-refractivity contribution is 5.74. The molecule has 17 heavy (non-hydrogen) atoms. The van der Waals surface area contributed by atoms with Gasteiger partial charge in [-0.15, -0.1) is 0 Å². The molecule has 0 aliphatic rings. The van der Waals surface area contributed by atoms with Crippen molar-refractivity contribution in [3.63, 3.8) is 0 Å². The van der Waals surface area contributed by atoms with Crippen molar-refractivity contribution < 1.29 is 5.11 Å². The van der Waals surface area contributed by atoms with Gasteiger partial charge >= 0.3 is 0 Å². The molecular formula is C12H20N4O. The third-order valence-electron chi connectivity index (χ3n) is 2.67. The number of benzene rings is 1. The molecule has 0 spiro atoms. The summed E-state index contributed by atoms with van der Waals surface area (Å²) in [5.41, 5.74) is 6.42. The molecule has 0 saturated carbocycles. The van der Waals surface area contributed by atoms with Gasteiger partial charge in [-0.3, -0.25) is 5.41 Å². The Morgan fingerprint density at radius 3 is 2.47 bits per heavy atom. The summed E-state index contributed by atoms with van der Waals surface area (Å²) in [6.07, 6.45) is 0.841. The summed E-state index contributed by atoms with van der Waals surface area (Å²) in [7, 11) is 3.99. The first-order valence-corrected chi connectivity index (χ1v) is 5.51. The Balaban J connectivity index is 2.60. The van der Waals surface area contributed by atoms with Crippen LogP contribution in [0.5, 0.6) is 5.75 Å². The molecule has 0 fully saturated rings. The van der Waals surface area contributed by atoms with Crippen LogP contribution in [0.4, 0.5) is 0 Å². The maximum Gasteiger partial charge on any atom is 0.185 e. The fourth-order valence-corrected chi connectivity index (χ4v) is 1.57. The standard InChI is InChI=1S/C12H20N4O/c1-16(2)10(8-15-12(13)14)7-9-3-5-11(17)6-4-9/h3-6,10,17H,7-8H2,1-2H3,(H4,13,14,15). The van der Waals surface area contributed by atoms with Crippen molar-refractivity contribution in [2.24, 2.45) is 5.73 Å². The van der Waals surface area contributed by atoms with Crippen molar-refractivity contribution in [2.75, 3.05) is 20.6 Å². The van der Waals surface area contributed by atoms with E-state index in [0.29, 0.717) is 6.54 Å². The predicted octanol–water partition coefficient (Wildman–Crippen LogP) is 0.348. The van der Waals surface area contributed by atoms with Crippen LogP contribution in [0.3, 0.4) is 0 Å². The van der Waals surface area contributed by atoms with E-state index in [2.05, 4.69) is 10.2 Å². The maximum absolute atomic E-state index is 9.21. The molecule has 1 aromatic rings. The van der Waals surface area contributed by atoms with Gasteiger partial charge < -0.3 is 21.1 Å². The molecule has 0 aliphatic heterocycles. The van der Waals surface area contributed by atoms with Crippen molar-refractivity contribution >= 4 is 5.96 Å². The number of aromatic hydroxyl groups is 1. The highest BCUT2D eigenvalue weighted by atomic mass is 16.3. The minimum Gasteiger partial charge on any atom is -0.508 e. The first-order valence-electron chi connectivity index (χ1n) is 5.51. The van der Waals surface area contributed by atoms with Crippen LogP contribution in [0.1, 0.15) is 5.56 Å². The van der Waals surface area contributed by atoms with Crippen molar-refractivity contribution in [3.05, 3.63) is 29.8 Å². The highest BCUT2D eigenvalue weighted by Crippen LogP contribution is 2.12. The molecule has 5 nitrogen and oxygen atoms in total. The molecule has 0 aromatic heterocycles. The van der Waals surface area contributed by atoms with Gasteiger partial charge in [0.2, 0.25) is 0 Å². The molecule has 0 aliphatic carbocycles. The first kappa shape index (κ1) is 13.3. The number of nitrogens with zero attached hydrogens (tertiary/aromatic N) is 1. The summed E-state index contributed by atoms with van der Waals surface area (Å²) in [6.45, 7) is 0.628. The van der Waals surface area contributed by atoms with Crippen LogP contribution in [0.15, 0.2) is 24.3 Å². The van der Waals surface area contributed by atoms with Crippen LogP contribution in [-0.4, -0.2) is 42.6 Å². The molecule has 0 radical (unpaired) electrons. The molecule has 1 rings (SSSR count). The van der Waals surface area contributed by atoms with E-state index in [9.17, 15) is 5.11 Å². The normalized spacial score (nSPS) is 12.4. The average Bonchev–Trinajstić information content (AvgIpc) is 2.26. The number of hydrogen-bond donors (Lipinski definition) is 4. The molecule has 5 N–H and O–H groups in total. The number of guanidine groups is 1. The summed E-state index contributed by atoms with van der Waals surface area (Å²) >= 11 is 0. The second-order valence-corrected chi connectivity index (χ2v) is 4.28. The number of nitrogens with two attached hydrogens (primary N) is 1. The molecule has 0 saturated heterocycles. The first-order chi connectivity index (χ1) is 7.99. The molecule has 0 bridgehead atoms. The fourth-order valence-electron chi connectivity index (χ4n) is 1.57. The Kier molecular flexibility index (Phi) is 4.78. The van der Waals surface area contributed by atoms with Gasteiger partial charge in [-0.2, -0.15) is 0 Å². The Labute approximate surface area is 102 Å². The number of rotatable bonds is 5. The van der Waals surface area contributed by atoms with Crippen LogP contribution in [0, 0.1) is 5.41 Å². The Morgan fingerprint density at radius 2 is 2.00 bits per heavy atom. The van der Waals surface area contributed by atoms with Crippen molar-refractivity contribution in [1.82, 2.24) is 10.2 Å². The lowest BCUT2D eigenvalue weighted by atomic mass is 10.1. The number of phenolic OH excluding ortho intramolecular Hbond substituents is 1. The minimum absolute atomic E-state index is 0.0115. The van der Waals surface area contributed by atoms with Gasteiger partial charge in [-0.25, -0.2) is 0 Å². The number of hydrogen-bond acceptors (Lipinski definition) is 3. The van der Waals surface area contributed by atoms with E-state index >= 15 is 0 Å². The lowest BCUT2D eigenvalue weighted by Gasteiger charge is -2.24. The quantitative estimate of drug-likeness (QED) is 0.439. The molecule has 1 aromatic carbocycles. The summed E-state index contributed by atoms with van der Waals surface area (Å²) in [5.74, 6) is 0.263. The molecule has 5 heteroatoms. The molecule has 0 heterocycles. The number of phenols is 1. The van der Waals surface area contributed by atoms with Crippen LogP contribution >= 0.6 is 0 Å². The summed E-state index contributed by atoms with van der Waals surface area (Å²) in [5, 5.41) is 19.2. The fraction of sp³-hybridized carbons (Fsp3) is 0.417.